The minimum atomic E-state index is 0. The molecule has 27 heavy (non-hydrogen) atoms. The summed E-state index contributed by atoms with van der Waals surface area (Å²) in [6.45, 7) is 0.241. The number of carbonyl (C=O) groups is 1. The lowest BCUT2D eigenvalue weighted by atomic mass is 10.0. The SMILES string of the molecule is Br.O=C(C[n+]1ccc(-c2cccc3ccccc23)nc1)c1ccc(Cl)cc1. The maximum absolute atomic E-state index is 12.4. The van der Waals surface area contributed by atoms with Gasteiger partial charge in [0, 0.05) is 22.2 Å². The number of Topliss-reactive ketones (excluding diaryl/α,β-unsaturated/α-hetero) is 1. The second-order valence-corrected chi connectivity index (χ2v) is 6.51. The first kappa shape index (κ1) is 19.2. The van der Waals surface area contributed by atoms with Crippen LogP contribution in [0.3, 0.4) is 0 Å². The number of hydrogen-bond donors (Lipinski definition) is 0. The third-order valence-corrected chi connectivity index (χ3v) is 4.58. The van der Waals surface area contributed by atoms with E-state index in [0.29, 0.717) is 10.6 Å². The number of nitrogens with zero attached hydrogens (tertiary/aromatic N) is 2. The molecule has 1 heterocycles. The van der Waals surface area contributed by atoms with Crippen LogP contribution in [0.4, 0.5) is 0 Å². The van der Waals surface area contributed by atoms with E-state index in [2.05, 4.69) is 29.2 Å². The lowest BCUT2D eigenvalue weighted by Gasteiger charge is -2.04. The fourth-order valence-corrected chi connectivity index (χ4v) is 3.10. The van der Waals surface area contributed by atoms with Gasteiger partial charge in [0.15, 0.2) is 12.2 Å². The quantitative estimate of drug-likeness (QED) is 0.318. The highest BCUT2D eigenvalue weighted by Crippen LogP contribution is 2.26. The van der Waals surface area contributed by atoms with E-state index < -0.39 is 0 Å². The molecule has 3 aromatic carbocycles. The molecule has 3 nitrogen and oxygen atoms in total. The van der Waals surface area contributed by atoms with Gasteiger partial charge in [-0.15, -0.1) is 17.0 Å². The fraction of sp³-hybridized carbons (Fsp3) is 0.0455. The summed E-state index contributed by atoms with van der Waals surface area (Å²) in [6.07, 6.45) is 3.59. The minimum Gasteiger partial charge on any atom is -0.290 e. The third-order valence-electron chi connectivity index (χ3n) is 4.33. The predicted octanol–water partition coefficient (Wildman–Crippen LogP) is 5.30. The Morgan fingerprint density at radius 2 is 1.67 bits per heavy atom. The number of carbonyl (C=O) groups excluding carboxylic acids is 1. The van der Waals surface area contributed by atoms with Crippen molar-refractivity contribution < 1.29 is 9.36 Å². The van der Waals surface area contributed by atoms with E-state index in [1.165, 1.54) is 5.39 Å². The summed E-state index contributed by atoms with van der Waals surface area (Å²) in [5.74, 6) is 0.0198. The molecular formula is C22H17BrClN2O+. The van der Waals surface area contributed by atoms with Crippen LogP contribution in [0, 0.1) is 0 Å². The van der Waals surface area contributed by atoms with Crippen molar-refractivity contribution in [2.24, 2.45) is 0 Å². The number of ketones is 1. The summed E-state index contributed by atoms with van der Waals surface area (Å²) < 4.78 is 1.78. The lowest BCUT2D eigenvalue weighted by molar-refractivity contribution is -0.686. The van der Waals surface area contributed by atoms with E-state index in [1.807, 2.05) is 30.5 Å². The van der Waals surface area contributed by atoms with Crippen molar-refractivity contribution in [3.8, 4) is 11.3 Å². The van der Waals surface area contributed by atoms with E-state index in [4.69, 9.17) is 11.6 Å². The molecule has 0 spiro atoms. The normalized spacial score (nSPS) is 10.4. The molecule has 4 rings (SSSR count). The Morgan fingerprint density at radius 3 is 2.41 bits per heavy atom. The van der Waals surface area contributed by atoms with Gasteiger partial charge >= 0.3 is 0 Å². The molecule has 1 aromatic heterocycles. The molecule has 0 unspecified atom stereocenters. The van der Waals surface area contributed by atoms with E-state index in [0.717, 1.165) is 16.6 Å². The number of benzene rings is 3. The first-order valence-corrected chi connectivity index (χ1v) is 8.70. The molecule has 0 saturated heterocycles. The molecule has 0 bridgehead atoms. The number of fused-ring (bicyclic) bond motifs is 1. The maximum atomic E-state index is 12.4. The van der Waals surface area contributed by atoms with Crippen LogP contribution in [0.25, 0.3) is 22.0 Å². The number of halogens is 2. The van der Waals surface area contributed by atoms with Crippen molar-refractivity contribution in [1.29, 1.82) is 0 Å². The molecule has 0 amide bonds. The molecule has 4 aromatic rings. The van der Waals surface area contributed by atoms with E-state index >= 15 is 0 Å². The Hall–Kier alpha value is -2.56. The fourth-order valence-electron chi connectivity index (χ4n) is 2.98. The van der Waals surface area contributed by atoms with E-state index in [1.54, 1.807) is 35.2 Å². The monoisotopic (exact) mass is 439 g/mol. The molecule has 0 aliphatic carbocycles. The highest BCUT2D eigenvalue weighted by Gasteiger charge is 2.13. The van der Waals surface area contributed by atoms with Crippen LogP contribution in [0.1, 0.15) is 10.4 Å². The van der Waals surface area contributed by atoms with Crippen molar-refractivity contribution in [2.75, 3.05) is 0 Å². The minimum absolute atomic E-state index is 0. The van der Waals surface area contributed by atoms with Gasteiger partial charge in [0.1, 0.15) is 0 Å². The van der Waals surface area contributed by atoms with Crippen molar-refractivity contribution in [3.05, 3.63) is 95.9 Å². The summed E-state index contributed by atoms with van der Waals surface area (Å²) in [7, 11) is 0. The summed E-state index contributed by atoms with van der Waals surface area (Å²) in [5.41, 5.74) is 2.61. The topological polar surface area (TPSA) is 33.8 Å². The van der Waals surface area contributed by atoms with Gasteiger partial charge in [0.25, 0.3) is 6.33 Å². The van der Waals surface area contributed by atoms with Crippen LogP contribution in [0.15, 0.2) is 85.3 Å². The lowest BCUT2D eigenvalue weighted by Crippen LogP contribution is -2.37. The summed E-state index contributed by atoms with van der Waals surface area (Å²) in [5, 5.41) is 2.97. The molecule has 0 N–H and O–H groups in total. The Morgan fingerprint density at radius 1 is 0.926 bits per heavy atom. The average molecular weight is 441 g/mol. The van der Waals surface area contributed by atoms with Gasteiger partial charge in [0.2, 0.25) is 5.78 Å². The van der Waals surface area contributed by atoms with Gasteiger partial charge in [-0.25, -0.2) is 4.57 Å². The zero-order valence-corrected chi connectivity index (χ0v) is 16.8. The van der Waals surface area contributed by atoms with E-state index in [-0.39, 0.29) is 29.3 Å². The van der Waals surface area contributed by atoms with Gasteiger partial charge in [-0.3, -0.25) is 4.79 Å². The van der Waals surface area contributed by atoms with Gasteiger partial charge in [-0.2, -0.15) is 0 Å². The Labute approximate surface area is 173 Å². The molecule has 0 aliphatic heterocycles. The standard InChI is InChI=1S/C22H16ClN2O.BrH/c23-18-10-8-17(9-11-18)22(26)14-25-13-12-21(24-15-25)20-7-3-5-16-4-1-2-6-19(16)20;/h1-13,15H,14H2;1H/q+1;. The highest BCUT2D eigenvalue weighted by atomic mass is 79.9. The second-order valence-electron chi connectivity index (χ2n) is 6.07. The number of hydrogen-bond acceptors (Lipinski definition) is 2. The molecule has 0 saturated carbocycles. The maximum Gasteiger partial charge on any atom is 0.287 e. The Bertz CT molecular complexity index is 1070. The van der Waals surface area contributed by atoms with Crippen molar-refractivity contribution in [3.63, 3.8) is 0 Å². The Balaban J connectivity index is 0.00000210. The van der Waals surface area contributed by atoms with Crippen molar-refractivity contribution in [1.82, 2.24) is 4.98 Å². The zero-order chi connectivity index (χ0) is 17.9. The van der Waals surface area contributed by atoms with Crippen LogP contribution in [0.5, 0.6) is 0 Å². The van der Waals surface area contributed by atoms with Crippen molar-refractivity contribution >= 4 is 45.1 Å². The summed E-state index contributed by atoms with van der Waals surface area (Å²) in [6, 6.07) is 23.3. The van der Waals surface area contributed by atoms with Crippen LogP contribution in [-0.2, 0) is 6.54 Å². The largest absolute Gasteiger partial charge is 0.290 e. The second kappa shape index (κ2) is 8.42. The smallest absolute Gasteiger partial charge is 0.287 e. The van der Waals surface area contributed by atoms with Gasteiger partial charge in [0.05, 0.1) is 6.20 Å². The van der Waals surface area contributed by atoms with Gasteiger partial charge in [-0.1, -0.05) is 48.0 Å². The first-order valence-electron chi connectivity index (χ1n) is 8.33. The molecule has 0 aliphatic rings. The van der Waals surface area contributed by atoms with Crippen LogP contribution >= 0.6 is 28.6 Å². The Kier molecular flexibility index (Phi) is 5.99. The third kappa shape index (κ3) is 4.24. The zero-order valence-electron chi connectivity index (χ0n) is 14.4. The van der Waals surface area contributed by atoms with Crippen LogP contribution in [-0.4, -0.2) is 10.8 Å². The number of rotatable bonds is 4. The summed E-state index contributed by atoms with van der Waals surface area (Å²) in [4.78, 5) is 16.9. The highest BCUT2D eigenvalue weighted by molar-refractivity contribution is 8.93. The van der Waals surface area contributed by atoms with Gasteiger partial charge < -0.3 is 0 Å². The van der Waals surface area contributed by atoms with E-state index in [9.17, 15) is 4.79 Å². The predicted molar refractivity (Wildman–Crippen MR) is 113 cm³/mol. The van der Waals surface area contributed by atoms with Crippen LogP contribution < -0.4 is 4.57 Å². The summed E-state index contributed by atoms with van der Waals surface area (Å²) >= 11 is 5.87. The molecule has 0 atom stereocenters. The average Bonchev–Trinajstić information content (AvgIpc) is 2.69. The first-order chi connectivity index (χ1) is 12.7. The molecular weight excluding hydrogens is 424 g/mol. The molecule has 0 fully saturated rings. The van der Waals surface area contributed by atoms with Crippen LogP contribution in [0.2, 0.25) is 5.02 Å². The molecule has 0 radical (unpaired) electrons. The molecule has 134 valence electrons. The number of aromatic nitrogens is 2. The van der Waals surface area contributed by atoms with Crippen molar-refractivity contribution in [2.45, 2.75) is 6.54 Å². The molecule has 5 heteroatoms. The van der Waals surface area contributed by atoms with Gasteiger partial charge in [-0.05, 0) is 46.1 Å².